The average Bonchev–Trinajstić information content (AvgIpc) is 3.00. The summed E-state index contributed by atoms with van der Waals surface area (Å²) in [4.78, 5) is 33.8. The lowest BCUT2D eigenvalue weighted by atomic mass is 9.89. The van der Waals surface area contributed by atoms with Gasteiger partial charge in [-0.05, 0) is 61.9 Å². The maximum atomic E-state index is 12.8. The molecule has 2 heterocycles. The minimum Gasteiger partial charge on any atom is -0.375 e. The number of benzene rings is 1. The molecule has 4 rings (SSSR count). The Labute approximate surface area is 167 Å². The maximum absolute atomic E-state index is 12.8. The highest BCUT2D eigenvalue weighted by Gasteiger charge is 2.23. The molecule has 2 unspecified atom stereocenters. The van der Waals surface area contributed by atoms with Crippen LogP contribution in [-0.2, 0) is 17.6 Å². The summed E-state index contributed by atoms with van der Waals surface area (Å²) in [6.07, 6.45) is 3.14. The Morgan fingerprint density at radius 1 is 1.29 bits per heavy atom. The minimum absolute atomic E-state index is 0.0401. The summed E-state index contributed by atoms with van der Waals surface area (Å²) >= 11 is 1.66. The number of fused-ring (bicyclic) bond motifs is 3. The zero-order valence-corrected chi connectivity index (χ0v) is 17.1. The van der Waals surface area contributed by atoms with Crippen molar-refractivity contribution >= 4 is 38.8 Å². The van der Waals surface area contributed by atoms with Gasteiger partial charge < -0.3 is 15.6 Å². The van der Waals surface area contributed by atoms with Crippen molar-refractivity contribution < 1.29 is 4.79 Å². The van der Waals surface area contributed by atoms with E-state index >= 15 is 0 Å². The third-order valence-electron chi connectivity index (χ3n) is 5.18. The van der Waals surface area contributed by atoms with Gasteiger partial charge in [-0.15, -0.1) is 11.3 Å². The number of aryl methyl sites for hydroxylation is 1. The Kier molecular flexibility index (Phi) is 4.93. The van der Waals surface area contributed by atoms with Gasteiger partial charge in [-0.1, -0.05) is 6.92 Å². The molecule has 3 aromatic rings. The third kappa shape index (κ3) is 3.67. The standard InChI is InChI=1S/C21H24N4O2S/c1-11-4-9-16-17(10-11)28-21-18(16)20(27)24-19(25-21)12(2)22-14-5-7-15(8-6-14)23-13(3)26/h5-8,11-12,22H,4,9-10H2,1-3H3,(H,23,26)(H,24,25,27). The fourth-order valence-corrected chi connectivity index (χ4v) is 5.13. The Balaban J connectivity index is 1.58. The number of aromatic amines is 1. The van der Waals surface area contributed by atoms with Crippen LogP contribution in [0.4, 0.5) is 11.4 Å². The van der Waals surface area contributed by atoms with Crippen LogP contribution >= 0.6 is 11.3 Å². The Morgan fingerprint density at radius 3 is 2.71 bits per heavy atom. The van der Waals surface area contributed by atoms with E-state index in [4.69, 9.17) is 4.98 Å². The lowest BCUT2D eigenvalue weighted by molar-refractivity contribution is -0.114. The smallest absolute Gasteiger partial charge is 0.259 e. The first-order valence-corrected chi connectivity index (χ1v) is 10.4. The normalized spacial score (nSPS) is 17.2. The first kappa shape index (κ1) is 18.7. The van der Waals surface area contributed by atoms with Gasteiger partial charge in [0.25, 0.3) is 5.56 Å². The lowest BCUT2D eigenvalue weighted by Crippen LogP contribution is -2.18. The van der Waals surface area contributed by atoms with Crippen molar-refractivity contribution in [3.8, 4) is 0 Å². The van der Waals surface area contributed by atoms with Gasteiger partial charge in [0.05, 0.1) is 11.4 Å². The largest absolute Gasteiger partial charge is 0.375 e. The Bertz CT molecular complexity index is 1080. The number of rotatable bonds is 4. The van der Waals surface area contributed by atoms with Crippen LogP contribution < -0.4 is 16.2 Å². The fraction of sp³-hybridized carbons (Fsp3) is 0.381. The van der Waals surface area contributed by atoms with Gasteiger partial charge >= 0.3 is 0 Å². The monoisotopic (exact) mass is 396 g/mol. The van der Waals surface area contributed by atoms with Gasteiger partial charge in [-0.2, -0.15) is 0 Å². The van der Waals surface area contributed by atoms with Crippen LogP contribution in [0, 0.1) is 5.92 Å². The quantitative estimate of drug-likeness (QED) is 0.616. The number of thiophene rings is 1. The molecule has 0 saturated heterocycles. The Hall–Kier alpha value is -2.67. The van der Waals surface area contributed by atoms with Crippen LogP contribution in [0.25, 0.3) is 10.2 Å². The van der Waals surface area contributed by atoms with Crippen molar-refractivity contribution in [2.24, 2.45) is 5.92 Å². The van der Waals surface area contributed by atoms with Crippen LogP contribution in [0.1, 0.15) is 49.5 Å². The van der Waals surface area contributed by atoms with E-state index in [1.807, 2.05) is 31.2 Å². The predicted molar refractivity (Wildman–Crippen MR) is 114 cm³/mol. The van der Waals surface area contributed by atoms with Crippen LogP contribution in [0.3, 0.4) is 0 Å². The first-order chi connectivity index (χ1) is 13.4. The van der Waals surface area contributed by atoms with Crippen molar-refractivity contribution in [3.05, 3.63) is 50.9 Å². The third-order valence-corrected chi connectivity index (χ3v) is 6.33. The number of carbonyl (C=O) groups is 1. The van der Waals surface area contributed by atoms with Crippen LogP contribution in [0.5, 0.6) is 0 Å². The molecule has 1 aliphatic rings. The SMILES string of the molecule is CC(=O)Nc1ccc(NC(C)c2nc3sc4c(c3c(=O)[nH]2)CCC(C)C4)cc1. The summed E-state index contributed by atoms with van der Waals surface area (Å²) in [5.74, 6) is 1.20. The topological polar surface area (TPSA) is 86.9 Å². The van der Waals surface area contributed by atoms with Gasteiger partial charge in [-0.3, -0.25) is 9.59 Å². The molecule has 1 amide bonds. The second-order valence-corrected chi connectivity index (χ2v) is 8.69. The van der Waals surface area contributed by atoms with E-state index in [0.717, 1.165) is 40.9 Å². The first-order valence-electron chi connectivity index (χ1n) is 9.59. The molecule has 6 nitrogen and oxygen atoms in total. The number of aromatic nitrogens is 2. The molecule has 1 aliphatic carbocycles. The van der Waals surface area contributed by atoms with Gasteiger partial charge in [0.15, 0.2) is 0 Å². The summed E-state index contributed by atoms with van der Waals surface area (Å²) in [5.41, 5.74) is 2.80. The lowest BCUT2D eigenvalue weighted by Gasteiger charge is -2.17. The molecular formula is C21H24N4O2S. The van der Waals surface area contributed by atoms with Crippen LogP contribution in [0.15, 0.2) is 29.1 Å². The zero-order valence-electron chi connectivity index (χ0n) is 16.3. The number of hydrogen-bond acceptors (Lipinski definition) is 5. The van der Waals surface area contributed by atoms with E-state index in [0.29, 0.717) is 11.7 Å². The van der Waals surface area contributed by atoms with E-state index in [2.05, 4.69) is 22.5 Å². The van der Waals surface area contributed by atoms with Gasteiger partial charge in [-0.25, -0.2) is 4.98 Å². The average molecular weight is 397 g/mol. The van der Waals surface area contributed by atoms with Crippen molar-refractivity contribution in [2.45, 2.75) is 46.1 Å². The van der Waals surface area contributed by atoms with E-state index < -0.39 is 0 Å². The minimum atomic E-state index is -0.151. The van der Waals surface area contributed by atoms with Crippen molar-refractivity contribution in [2.75, 3.05) is 10.6 Å². The zero-order chi connectivity index (χ0) is 19.8. The van der Waals surface area contributed by atoms with Crippen LogP contribution in [-0.4, -0.2) is 15.9 Å². The summed E-state index contributed by atoms with van der Waals surface area (Å²) in [6, 6.07) is 7.31. The van der Waals surface area contributed by atoms with E-state index in [1.54, 1.807) is 11.3 Å². The highest BCUT2D eigenvalue weighted by Crippen LogP contribution is 2.36. The molecular weight excluding hydrogens is 372 g/mol. The summed E-state index contributed by atoms with van der Waals surface area (Å²) in [7, 11) is 0. The number of H-pyrrole nitrogens is 1. The molecule has 0 spiro atoms. The predicted octanol–water partition coefficient (Wildman–Crippen LogP) is 4.24. The molecule has 0 aliphatic heterocycles. The number of nitrogens with zero attached hydrogens (tertiary/aromatic N) is 1. The highest BCUT2D eigenvalue weighted by atomic mass is 32.1. The molecule has 7 heteroatoms. The molecule has 0 saturated carbocycles. The van der Waals surface area contributed by atoms with Gasteiger partial charge in [0.2, 0.25) is 5.91 Å². The second kappa shape index (κ2) is 7.39. The number of carbonyl (C=O) groups excluding carboxylic acids is 1. The summed E-state index contributed by atoms with van der Waals surface area (Å²) in [5, 5.41) is 6.88. The maximum Gasteiger partial charge on any atom is 0.259 e. The van der Waals surface area contributed by atoms with E-state index in [-0.39, 0.29) is 17.5 Å². The molecule has 1 aromatic carbocycles. The van der Waals surface area contributed by atoms with Gasteiger partial charge in [0, 0.05) is 23.2 Å². The molecule has 0 fully saturated rings. The number of nitrogens with one attached hydrogen (secondary N) is 3. The second-order valence-electron chi connectivity index (χ2n) is 7.61. The molecule has 0 bridgehead atoms. The fourth-order valence-electron chi connectivity index (χ4n) is 3.74. The van der Waals surface area contributed by atoms with Crippen molar-refractivity contribution in [1.82, 2.24) is 9.97 Å². The van der Waals surface area contributed by atoms with E-state index in [9.17, 15) is 9.59 Å². The molecule has 146 valence electrons. The molecule has 2 aromatic heterocycles. The highest BCUT2D eigenvalue weighted by molar-refractivity contribution is 7.18. The van der Waals surface area contributed by atoms with Crippen LogP contribution in [0.2, 0.25) is 0 Å². The van der Waals surface area contributed by atoms with E-state index in [1.165, 1.54) is 17.4 Å². The molecule has 2 atom stereocenters. The van der Waals surface area contributed by atoms with Crippen molar-refractivity contribution in [1.29, 1.82) is 0 Å². The number of hydrogen-bond donors (Lipinski definition) is 3. The van der Waals surface area contributed by atoms with Gasteiger partial charge in [0.1, 0.15) is 10.7 Å². The summed E-state index contributed by atoms with van der Waals surface area (Å²) in [6.45, 7) is 5.72. The number of anilines is 2. The van der Waals surface area contributed by atoms with Crippen molar-refractivity contribution in [3.63, 3.8) is 0 Å². The summed E-state index contributed by atoms with van der Waals surface area (Å²) < 4.78 is 0. The molecule has 28 heavy (non-hydrogen) atoms. The molecule has 3 N–H and O–H groups in total. The molecule has 0 radical (unpaired) electrons. The Morgan fingerprint density at radius 2 is 2.00 bits per heavy atom. The number of amides is 1.